The van der Waals surface area contributed by atoms with Crippen LogP contribution in [0, 0.1) is 5.41 Å². The minimum atomic E-state index is -2.02. The first kappa shape index (κ1) is 31.2. The number of rotatable bonds is 4. The molecule has 2 saturated carbocycles. The van der Waals surface area contributed by atoms with Gasteiger partial charge in [0.1, 0.15) is 11.7 Å². The van der Waals surface area contributed by atoms with Gasteiger partial charge >= 0.3 is 0 Å². The fourth-order valence-corrected chi connectivity index (χ4v) is 10.5. The molecule has 5 heteroatoms. The topological polar surface area (TPSA) is 31.4 Å². The summed E-state index contributed by atoms with van der Waals surface area (Å²) in [5.74, 6) is 0.340. The van der Waals surface area contributed by atoms with Crippen molar-refractivity contribution in [1.82, 2.24) is 4.98 Å². The second kappa shape index (κ2) is 10.4. The minimum absolute atomic E-state index is 0.0762. The van der Waals surface area contributed by atoms with Crippen molar-refractivity contribution in [3.05, 3.63) is 63.5 Å². The fourth-order valence-electron chi connectivity index (χ4n) is 8.01. The molecule has 1 aromatic heterocycles. The SMILES string of the molecule is CC(C)c1nc2c(c3c1[C@@H](c1ccc(C(C)(C)C)cc1)OC31CCCC1I)C(O[Si](C)(C)C(C)(C)C)CC1(CCC1)C2. The Labute approximate surface area is 270 Å². The molecular weight excluding hydrogens is 645 g/mol. The van der Waals surface area contributed by atoms with Crippen molar-refractivity contribution in [2.45, 2.75) is 158 Å². The number of fused-ring (bicyclic) bond motifs is 4. The maximum atomic E-state index is 7.51. The molecule has 230 valence electrons. The maximum absolute atomic E-state index is 7.51. The molecule has 6 rings (SSSR count). The van der Waals surface area contributed by atoms with E-state index < -0.39 is 8.32 Å². The Morgan fingerprint density at radius 3 is 2.14 bits per heavy atom. The predicted octanol–water partition coefficient (Wildman–Crippen LogP) is 11.0. The lowest BCUT2D eigenvalue weighted by Crippen LogP contribution is -2.46. The van der Waals surface area contributed by atoms with Crippen LogP contribution in [0.15, 0.2) is 24.3 Å². The molecule has 4 aliphatic rings. The summed E-state index contributed by atoms with van der Waals surface area (Å²) in [7, 11) is -2.02. The van der Waals surface area contributed by atoms with E-state index in [1.54, 1.807) is 0 Å². The van der Waals surface area contributed by atoms with Crippen LogP contribution in [0.3, 0.4) is 0 Å². The van der Waals surface area contributed by atoms with Gasteiger partial charge < -0.3 is 9.16 Å². The van der Waals surface area contributed by atoms with Crippen LogP contribution in [0.1, 0.15) is 158 Å². The predicted molar refractivity (Wildman–Crippen MR) is 185 cm³/mol. The van der Waals surface area contributed by atoms with Gasteiger partial charge in [0.05, 0.1) is 6.10 Å². The van der Waals surface area contributed by atoms with Crippen LogP contribution in [-0.2, 0) is 26.6 Å². The van der Waals surface area contributed by atoms with Crippen molar-refractivity contribution < 1.29 is 9.16 Å². The third kappa shape index (κ3) is 4.99. The summed E-state index contributed by atoms with van der Waals surface area (Å²) in [6, 6.07) is 9.32. The van der Waals surface area contributed by atoms with Crippen molar-refractivity contribution >= 4 is 30.9 Å². The van der Waals surface area contributed by atoms with Gasteiger partial charge in [-0.3, -0.25) is 4.98 Å². The highest BCUT2D eigenvalue weighted by Crippen LogP contribution is 2.63. The second-order valence-corrected chi connectivity index (χ2v) is 23.3. The van der Waals surface area contributed by atoms with E-state index in [0.717, 1.165) is 19.3 Å². The minimum Gasteiger partial charge on any atom is -0.410 e. The highest BCUT2D eigenvalue weighted by atomic mass is 127. The number of hydrogen-bond donors (Lipinski definition) is 0. The Morgan fingerprint density at radius 2 is 1.64 bits per heavy atom. The zero-order valence-corrected chi connectivity index (χ0v) is 31.1. The molecule has 0 N–H and O–H groups in total. The second-order valence-electron chi connectivity index (χ2n) is 17.0. The monoisotopic (exact) mass is 699 g/mol. The molecule has 0 bridgehead atoms. The molecule has 2 spiro atoms. The van der Waals surface area contributed by atoms with E-state index in [2.05, 4.69) is 115 Å². The number of ether oxygens (including phenoxy) is 1. The van der Waals surface area contributed by atoms with Gasteiger partial charge in [-0.25, -0.2) is 0 Å². The summed E-state index contributed by atoms with van der Waals surface area (Å²) in [5.41, 5.74) is 9.79. The summed E-state index contributed by atoms with van der Waals surface area (Å²) >= 11 is 2.73. The van der Waals surface area contributed by atoms with E-state index in [1.165, 1.54) is 71.3 Å². The molecule has 42 heavy (non-hydrogen) atoms. The molecule has 3 unspecified atom stereocenters. The average molecular weight is 700 g/mol. The van der Waals surface area contributed by atoms with Crippen molar-refractivity contribution in [3.63, 3.8) is 0 Å². The Balaban J connectivity index is 1.59. The smallest absolute Gasteiger partial charge is 0.192 e. The van der Waals surface area contributed by atoms with Crippen LogP contribution in [-0.4, -0.2) is 17.2 Å². The lowest BCUT2D eigenvalue weighted by Gasteiger charge is -2.51. The summed E-state index contributed by atoms with van der Waals surface area (Å²) in [6.45, 7) is 23.6. The number of halogens is 1. The summed E-state index contributed by atoms with van der Waals surface area (Å²) in [6.07, 6.45) is 9.80. The van der Waals surface area contributed by atoms with E-state index in [4.69, 9.17) is 14.1 Å². The first-order valence-electron chi connectivity index (χ1n) is 16.7. The number of hydrogen-bond acceptors (Lipinski definition) is 3. The van der Waals surface area contributed by atoms with Crippen LogP contribution in [0.5, 0.6) is 0 Å². The quantitative estimate of drug-likeness (QED) is 0.181. The molecule has 0 amide bonds. The number of pyridine rings is 1. The van der Waals surface area contributed by atoms with Crippen molar-refractivity contribution in [1.29, 1.82) is 0 Å². The first-order chi connectivity index (χ1) is 19.5. The van der Waals surface area contributed by atoms with Crippen molar-refractivity contribution in [2.75, 3.05) is 0 Å². The third-order valence-corrected chi connectivity index (χ3v) is 17.8. The van der Waals surface area contributed by atoms with Crippen LogP contribution in [0.4, 0.5) is 0 Å². The third-order valence-electron chi connectivity index (χ3n) is 11.7. The Bertz CT molecular complexity index is 1350. The lowest BCUT2D eigenvalue weighted by molar-refractivity contribution is -0.0521. The van der Waals surface area contributed by atoms with Crippen LogP contribution >= 0.6 is 22.6 Å². The molecule has 1 aromatic carbocycles. The van der Waals surface area contributed by atoms with Gasteiger partial charge in [0.2, 0.25) is 0 Å². The molecule has 0 saturated heterocycles. The molecule has 3 nitrogen and oxygen atoms in total. The zero-order chi connectivity index (χ0) is 30.5. The standard InChI is InChI=1S/C37H54INO2Si/c1-23(2)32-30-31(29-26(39-32)21-36(18-12-19-36)22-27(29)41-42(9,10)35(6,7)8)37(20-11-13-28(37)38)40-33(30)24-14-16-25(17-15-24)34(3,4)5/h14-17,23,27-28,33H,11-13,18-22H2,1-10H3/t27?,28?,33-,37?/m1/s1. The van der Waals surface area contributed by atoms with Gasteiger partial charge in [-0.2, -0.15) is 0 Å². The number of benzene rings is 1. The molecule has 2 fully saturated rings. The maximum Gasteiger partial charge on any atom is 0.192 e. The molecule has 3 aliphatic carbocycles. The van der Waals surface area contributed by atoms with Crippen molar-refractivity contribution in [2.24, 2.45) is 5.41 Å². The van der Waals surface area contributed by atoms with Gasteiger partial charge in [0.15, 0.2) is 8.32 Å². The molecule has 4 atom stereocenters. The number of nitrogens with zero attached hydrogens (tertiary/aromatic N) is 1. The van der Waals surface area contributed by atoms with Crippen LogP contribution in [0.2, 0.25) is 18.1 Å². The number of alkyl halides is 1. The Kier molecular flexibility index (Phi) is 7.72. The Morgan fingerprint density at radius 1 is 0.976 bits per heavy atom. The largest absolute Gasteiger partial charge is 0.410 e. The average Bonchev–Trinajstić information content (AvgIpc) is 3.41. The molecule has 1 aliphatic heterocycles. The fraction of sp³-hybridized carbons (Fsp3) is 0.703. The summed E-state index contributed by atoms with van der Waals surface area (Å²) in [4.78, 5) is 5.67. The van der Waals surface area contributed by atoms with Gasteiger partial charge in [0, 0.05) is 32.0 Å². The first-order valence-corrected chi connectivity index (χ1v) is 20.8. The molecular formula is C37H54INO2Si. The highest BCUT2D eigenvalue weighted by molar-refractivity contribution is 14.1. The number of aromatic nitrogens is 1. The van der Waals surface area contributed by atoms with Gasteiger partial charge in [-0.1, -0.05) is 109 Å². The van der Waals surface area contributed by atoms with E-state index in [1.807, 2.05) is 0 Å². The summed E-state index contributed by atoms with van der Waals surface area (Å²) in [5, 5.41) is 0.163. The van der Waals surface area contributed by atoms with Crippen molar-refractivity contribution in [3.8, 4) is 0 Å². The summed E-state index contributed by atoms with van der Waals surface area (Å²) < 4.78 is 15.5. The normalized spacial score (nSPS) is 28.8. The molecule has 2 aromatic rings. The van der Waals surface area contributed by atoms with E-state index >= 15 is 0 Å². The zero-order valence-electron chi connectivity index (χ0n) is 27.9. The van der Waals surface area contributed by atoms with Crippen LogP contribution in [0.25, 0.3) is 0 Å². The highest BCUT2D eigenvalue weighted by Gasteiger charge is 2.58. The van der Waals surface area contributed by atoms with Crippen LogP contribution < -0.4 is 0 Å². The molecule has 2 heterocycles. The Hall–Kier alpha value is -0.763. The lowest BCUT2D eigenvalue weighted by atomic mass is 9.59. The molecule has 0 radical (unpaired) electrons. The van der Waals surface area contributed by atoms with Gasteiger partial charge in [-0.15, -0.1) is 0 Å². The van der Waals surface area contributed by atoms with Gasteiger partial charge in [0.25, 0.3) is 0 Å². The van der Waals surface area contributed by atoms with E-state index in [-0.39, 0.29) is 28.3 Å². The van der Waals surface area contributed by atoms with E-state index in [9.17, 15) is 0 Å². The van der Waals surface area contributed by atoms with E-state index in [0.29, 0.717) is 15.3 Å². The van der Waals surface area contributed by atoms with Gasteiger partial charge in [-0.05, 0) is 91.0 Å².